The van der Waals surface area contributed by atoms with Crippen LogP contribution in [0.1, 0.15) is 12.5 Å². The molecule has 8 heteroatoms. The number of anilines is 2. The Morgan fingerprint density at radius 1 is 1.14 bits per heavy atom. The van der Waals surface area contributed by atoms with Gasteiger partial charge < -0.3 is 15.4 Å². The highest BCUT2D eigenvalue weighted by atomic mass is 32.1. The number of benzene rings is 2. The number of amides is 2. The summed E-state index contributed by atoms with van der Waals surface area (Å²) >= 11 is 1.21. The Morgan fingerprint density at radius 3 is 2.54 bits per heavy atom. The van der Waals surface area contributed by atoms with Crippen molar-refractivity contribution in [2.45, 2.75) is 13.3 Å². The molecule has 0 aliphatic carbocycles. The van der Waals surface area contributed by atoms with Gasteiger partial charge in [-0.15, -0.1) is 11.3 Å². The van der Waals surface area contributed by atoms with Crippen LogP contribution in [0.2, 0.25) is 0 Å². The van der Waals surface area contributed by atoms with Crippen molar-refractivity contribution in [2.75, 3.05) is 17.7 Å². The van der Waals surface area contributed by atoms with Crippen molar-refractivity contribution in [3.8, 4) is 17.0 Å². The number of carbonyl (C=O) groups is 2. The first-order valence-electron chi connectivity index (χ1n) is 8.40. The highest BCUT2D eigenvalue weighted by Crippen LogP contribution is 2.28. The first-order chi connectivity index (χ1) is 13.4. The molecule has 0 aliphatic heterocycles. The van der Waals surface area contributed by atoms with Crippen LogP contribution >= 0.6 is 11.3 Å². The lowest BCUT2D eigenvalue weighted by Crippen LogP contribution is -2.14. The number of nitrogens with zero attached hydrogens (tertiary/aromatic N) is 1. The molecule has 0 bridgehead atoms. The second-order valence-electron chi connectivity index (χ2n) is 5.99. The number of hydrogen-bond donors (Lipinski definition) is 2. The first kappa shape index (κ1) is 19.5. The summed E-state index contributed by atoms with van der Waals surface area (Å²) in [7, 11) is 1.58. The maximum Gasteiger partial charge on any atom is 0.230 e. The highest BCUT2D eigenvalue weighted by molar-refractivity contribution is 7.14. The summed E-state index contributed by atoms with van der Waals surface area (Å²) in [6.07, 6.45) is 0.193. The predicted molar refractivity (Wildman–Crippen MR) is 107 cm³/mol. The van der Waals surface area contributed by atoms with Crippen LogP contribution in [0.15, 0.2) is 47.8 Å². The van der Waals surface area contributed by atoms with Gasteiger partial charge in [0.1, 0.15) is 11.6 Å². The zero-order chi connectivity index (χ0) is 20.1. The third-order valence-electron chi connectivity index (χ3n) is 3.84. The molecule has 6 nitrogen and oxygen atoms in total. The van der Waals surface area contributed by atoms with E-state index in [1.807, 2.05) is 12.1 Å². The Morgan fingerprint density at radius 2 is 1.89 bits per heavy atom. The number of thiazole rings is 1. The van der Waals surface area contributed by atoms with Crippen LogP contribution < -0.4 is 15.4 Å². The van der Waals surface area contributed by atoms with Crippen LogP contribution in [0.25, 0.3) is 11.3 Å². The van der Waals surface area contributed by atoms with E-state index in [0.717, 1.165) is 11.3 Å². The predicted octanol–water partition coefficient (Wildman–Crippen LogP) is 4.10. The van der Waals surface area contributed by atoms with Gasteiger partial charge in [-0.2, -0.15) is 0 Å². The second kappa shape index (κ2) is 8.62. The van der Waals surface area contributed by atoms with Crippen LogP contribution in [0.4, 0.5) is 15.2 Å². The van der Waals surface area contributed by atoms with Crippen molar-refractivity contribution in [1.29, 1.82) is 0 Å². The fourth-order valence-corrected chi connectivity index (χ4v) is 3.28. The maximum atomic E-state index is 14.3. The Hall–Kier alpha value is -3.26. The number of hydrogen-bond acceptors (Lipinski definition) is 5. The number of rotatable bonds is 6. The molecule has 2 aromatic carbocycles. The van der Waals surface area contributed by atoms with E-state index in [-0.39, 0.29) is 18.2 Å². The normalized spacial score (nSPS) is 10.4. The molecule has 3 rings (SSSR count). The summed E-state index contributed by atoms with van der Waals surface area (Å²) in [4.78, 5) is 27.5. The quantitative estimate of drug-likeness (QED) is 0.654. The zero-order valence-corrected chi connectivity index (χ0v) is 16.1. The number of aromatic nitrogens is 1. The number of methoxy groups -OCH3 is 1. The van der Waals surface area contributed by atoms with Gasteiger partial charge in [-0.05, 0) is 35.9 Å². The summed E-state index contributed by atoms with van der Waals surface area (Å²) in [5.41, 5.74) is 1.92. The topological polar surface area (TPSA) is 80.3 Å². The van der Waals surface area contributed by atoms with Crippen molar-refractivity contribution in [2.24, 2.45) is 0 Å². The lowest BCUT2D eigenvalue weighted by Gasteiger charge is -2.05. The van der Waals surface area contributed by atoms with Gasteiger partial charge in [0.2, 0.25) is 11.8 Å². The molecule has 0 saturated heterocycles. The molecule has 144 valence electrons. The van der Waals surface area contributed by atoms with Gasteiger partial charge in [-0.1, -0.05) is 12.1 Å². The van der Waals surface area contributed by atoms with E-state index in [9.17, 15) is 14.0 Å². The van der Waals surface area contributed by atoms with Crippen LogP contribution in [-0.4, -0.2) is 23.9 Å². The summed E-state index contributed by atoms with van der Waals surface area (Å²) in [5, 5.41) is 7.30. The Bertz CT molecular complexity index is 1000. The molecule has 28 heavy (non-hydrogen) atoms. The SMILES string of the molecule is COc1ccc(CC(=O)Nc2nc(-c3ccc(NC(C)=O)cc3F)cs2)cc1. The monoisotopic (exact) mass is 399 g/mol. The van der Waals surface area contributed by atoms with E-state index in [0.29, 0.717) is 22.1 Å². The van der Waals surface area contributed by atoms with E-state index < -0.39 is 5.82 Å². The molecule has 0 saturated carbocycles. The molecule has 0 spiro atoms. The molecule has 2 amide bonds. The minimum atomic E-state index is -0.507. The van der Waals surface area contributed by atoms with Crippen molar-refractivity contribution in [3.05, 3.63) is 59.2 Å². The van der Waals surface area contributed by atoms with E-state index in [4.69, 9.17) is 4.74 Å². The fraction of sp³-hybridized carbons (Fsp3) is 0.150. The van der Waals surface area contributed by atoms with E-state index in [2.05, 4.69) is 15.6 Å². The van der Waals surface area contributed by atoms with Gasteiger partial charge >= 0.3 is 0 Å². The fourth-order valence-electron chi connectivity index (χ4n) is 2.55. The van der Waals surface area contributed by atoms with Gasteiger partial charge in [0.25, 0.3) is 0 Å². The Labute approximate surface area is 165 Å². The summed E-state index contributed by atoms with van der Waals surface area (Å²) in [5.74, 6) is -0.275. The molecule has 0 unspecified atom stereocenters. The molecule has 1 heterocycles. The Balaban J connectivity index is 1.66. The molecule has 0 atom stereocenters. The number of ether oxygens (including phenoxy) is 1. The minimum absolute atomic E-state index is 0.193. The minimum Gasteiger partial charge on any atom is -0.497 e. The summed E-state index contributed by atoms with van der Waals surface area (Å²) < 4.78 is 19.4. The molecular formula is C20H18FN3O3S. The van der Waals surface area contributed by atoms with E-state index in [1.54, 1.807) is 36.8 Å². The number of nitrogens with one attached hydrogen (secondary N) is 2. The molecule has 0 aliphatic rings. The zero-order valence-electron chi connectivity index (χ0n) is 15.3. The van der Waals surface area contributed by atoms with Gasteiger partial charge in [0.15, 0.2) is 5.13 Å². The van der Waals surface area contributed by atoms with E-state index >= 15 is 0 Å². The largest absolute Gasteiger partial charge is 0.497 e. The molecule has 0 fully saturated rings. The van der Waals surface area contributed by atoms with Crippen LogP contribution in [0.3, 0.4) is 0 Å². The number of halogens is 1. The lowest BCUT2D eigenvalue weighted by molar-refractivity contribution is -0.116. The lowest BCUT2D eigenvalue weighted by atomic mass is 10.1. The van der Waals surface area contributed by atoms with Crippen molar-refractivity contribution >= 4 is 34.0 Å². The van der Waals surface area contributed by atoms with Gasteiger partial charge in [0, 0.05) is 23.6 Å². The maximum absolute atomic E-state index is 14.3. The molecular weight excluding hydrogens is 381 g/mol. The van der Waals surface area contributed by atoms with Crippen molar-refractivity contribution in [3.63, 3.8) is 0 Å². The van der Waals surface area contributed by atoms with Crippen LogP contribution in [0, 0.1) is 5.82 Å². The third kappa shape index (κ3) is 4.92. The highest BCUT2D eigenvalue weighted by Gasteiger charge is 2.13. The molecule has 1 aromatic heterocycles. The average molecular weight is 399 g/mol. The van der Waals surface area contributed by atoms with Crippen molar-refractivity contribution < 1.29 is 18.7 Å². The van der Waals surface area contributed by atoms with Gasteiger partial charge in [-0.25, -0.2) is 9.37 Å². The summed E-state index contributed by atoms with van der Waals surface area (Å²) in [6, 6.07) is 11.6. The van der Waals surface area contributed by atoms with Crippen molar-refractivity contribution in [1.82, 2.24) is 4.98 Å². The smallest absolute Gasteiger partial charge is 0.230 e. The first-order valence-corrected chi connectivity index (χ1v) is 9.28. The standard InChI is InChI=1S/C20H18FN3O3S/c1-12(25)22-14-5-8-16(17(21)10-14)18-11-28-20(23-18)24-19(26)9-13-3-6-15(27-2)7-4-13/h3-8,10-11H,9H2,1-2H3,(H,22,25)(H,23,24,26). The van der Waals surface area contributed by atoms with E-state index in [1.165, 1.54) is 24.3 Å². The van der Waals surface area contributed by atoms with Gasteiger partial charge in [-0.3, -0.25) is 9.59 Å². The second-order valence-corrected chi connectivity index (χ2v) is 6.84. The summed E-state index contributed by atoms with van der Waals surface area (Å²) in [6.45, 7) is 1.35. The van der Waals surface area contributed by atoms with Crippen LogP contribution in [-0.2, 0) is 16.0 Å². The Kier molecular flexibility index (Phi) is 6.00. The molecule has 2 N–H and O–H groups in total. The average Bonchev–Trinajstić information content (AvgIpc) is 3.10. The number of carbonyl (C=O) groups excluding carboxylic acids is 2. The molecule has 3 aromatic rings. The van der Waals surface area contributed by atoms with Gasteiger partial charge in [0.05, 0.1) is 19.2 Å². The van der Waals surface area contributed by atoms with Crippen LogP contribution in [0.5, 0.6) is 5.75 Å². The third-order valence-corrected chi connectivity index (χ3v) is 4.60. The molecule has 0 radical (unpaired) electrons.